The molecule has 3 heterocycles. The van der Waals surface area contributed by atoms with Crippen LogP contribution in [0.1, 0.15) is 49.8 Å². The number of hydrazone groups is 1. The lowest BCUT2D eigenvalue weighted by Crippen LogP contribution is -2.59. The van der Waals surface area contributed by atoms with Gasteiger partial charge in [-0.1, -0.05) is 25.1 Å². The summed E-state index contributed by atoms with van der Waals surface area (Å²) in [6.07, 6.45) is 3.98. The Morgan fingerprint density at radius 1 is 1.11 bits per heavy atom. The molecule has 5 rings (SSSR count). The van der Waals surface area contributed by atoms with Gasteiger partial charge in [0.25, 0.3) is 0 Å². The highest BCUT2D eigenvalue weighted by atomic mass is 16.5. The van der Waals surface area contributed by atoms with Gasteiger partial charge in [-0.15, -0.1) is 0 Å². The number of phenolic OH excluding ortho intramolecular Hbond substituents is 1. The van der Waals surface area contributed by atoms with E-state index in [4.69, 9.17) is 9.84 Å². The average Bonchev–Trinajstić information content (AvgIpc) is 3.17. The number of phenols is 1. The fourth-order valence-corrected chi connectivity index (χ4v) is 4.83. The molecule has 1 atom stereocenters. The van der Waals surface area contributed by atoms with Crippen LogP contribution in [0.5, 0.6) is 11.5 Å². The van der Waals surface area contributed by atoms with Gasteiger partial charge < -0.3 is 14.7 Å². The molecule has 1 saturated heterocycles. The minimum absolute atomic E-state index is 0.214. The van der Waals surface area contributed by atoms with Crippen molar-refractivity contribution in [3.8, 4) is 11.5 Å². The van der Waals surface area contributed by atoms with Crippen molar-refractivity contribution in [1.29, 1.82) is 0 Å². The lowest BCUT2D eigenvalue weighted by molar-refractivity contribution is -0.149. The van der Waals surface area contributed by atoms with Gasteiger partial charge in [0, 0.05) is 37.9 Å². The molecule has 146 valence electrons. The van der Waals surface area contributed by atoms with E-state index in [1.807, 2.05) is 12.1 Å². The summed E-state index contributed by atoms with van der Waals surface area (Å²) in [5.41, 5.74) is 3.01. The Labute approximate surface area is 166 Å². The van der Waals surface area contributed by atoms with Crippen molar-refractivity contribution in [2.75, 3.05) is 19.6 Å². The van der Waals surface area contributed by atoms with Crippen molar-refractivity contribution in [3.63, 3.8) is 0 Å². The lowest BCUT2D eigenvalue weighted by Gasteiger charge is -2.51. The van der Waals surface area contributed by atoms with Crippen molar-refractivity contribution in [1.82, 2.24) is 9.91 Å². The van der Waals surface area contributed by atoms with E-state index < -0.39 is 0 Å². The Hall–Kier alpha value is -2.53. The van der Waals surface area contributed by atoms with Crippen molar-refractivity contribution in [2.24, 2.45) is 5.10 Å². The van der Waals surface area contributed by atoms with Gasteiger partial charge in [-0.25, -0.2) is 5.01 Å². The normalized spacial score (nSPS) is 23.1. The van der Waals surface area contributed by atoms with E-state index in [1.54, 1.807) is 12.1 Å². The predicted molar refractivity (Wildman–Crippen MR) is 110 cm³/mol. The zero-order valence-electron chi connectivity index (χ0n) is 16.3. The quantitative estimate of drug-likeness (QED) is 0.873. The third kappa shape index (κ3) is 2.85. The van der Waals surface area contributed by atoms with Gasteiger partial charge in [0.05, 0.1) is 11.8 Å². The zero-order chi connectivity index (χ0) is 19.1. The smallest absolute Gasteiger partial charge is 0.200 e. The molecule has 5 nitrogen and oxygen atoms in total. The van der Waals surface area contributed by atoms with Gasteiger partial charge in [0.1, 0.15) is 11.5 Å². The van der Waals surface area contributed by atoms with Gasteiger partial charge in [0.15, 0.2) is 0 Å². The van der Waals surface area contributed by atoms with Gasteiger partial charge in [0.2, 0.25) is 5.72 Å². The Balaban J connectivity index is 1.51. The van der Waals surface area contributed by atoms with Gasteiger partial charge in [-0.2, -0.15) is 5.10 Å². The first-order chi connectivity index (χ1) is 13.7. The predicted octanol–water partition coefficient (Wildman–Crippen LogP) is 4.14. The lowest BCUT2D eigenvalue weighted by atomic mass is 9.90. The first-order valence-electron chi connectivity index (χ1n) is 10.3. The summed E-state index contributed by atoms with van der Waals surface area (Å²) in [5.74, 6) is 1.29. The van der Waals surface area contributed by atoms with Crippen LogP contribution in [0, 0.1) is 0 Å². The molecular weight excluding hydrogens is 350 g/mol. The molecule has 1 N–H and O–H groups in total. The summed E-state index contributed by atoms with van der Waals surface area (Å²) < 4.78 is 6.66. The van der Waals surface area contributed by atoms with E-state index >= 15 is 0 Å². The number of aromatic hydroxyl groups is 1. The SMILES string of the molecule is CCCN1CCC2(CC1)Oc1ccccc1C1CC(c3ccc(O)cc3)=NN12. The summed E-state index contributed by atoms with van der Waals surface area (Å²) in [6, 6.07) is 16.0. The van der Waals surface area contributed by atoms with E-state index in [-0.39, 0.29) is 17.5 Å². The average molecular weight is 377 g/mol. The van der Waals surface area contributed by atoms with Crippen LogP contribution in [0.2, 0.25) is 0 Å². The molecule has 28 heavy (non-hydrogen) atoms. The highest BCUT2D eigenvalue weighted by molar-refractivity contribution is 6.02. The summed E-state index contributed by atoms with van der Waals surface area (Å²) in [6.45, 7) is 5.48. The largest absolute Gasteiger partial charge is 0.508 e. The second kappa shape index (κ2) is 6.82. The third-order valence-electron chi connectivity index (χ3n) is 6.28. The van der Waals surface area contributed by atoms with Crippen LogP contribution in [0.4, 0.5) is 0 Å². The van der Waals surface area contributed by atoms with Crippen molar-refractivity contribution in [3.05, 3.63) is 59.7 Å². The summed E-state index contributed by atoms with van der Waals surface area (Å²) in [7, 11) is 0. The van der Waals surface area contributed by atoms with E-state index in [1.165, 1.54) is 12.0 Å². The maximum absolute atomic E-state index is 9.63. The molecule has 2 aromatic carbocycles. The second-order valence-electron chi connectivity index (χ2n) is 8.09. The Bertz CT molecular complexity index is 885. The molecule has 3 aliphatic heterocycles. The van der Waals surface area contributed by atoms with E-state index in [0.717, 1.165) is 55.9 Å². The number of piperidine rings is 1. The van der Waals surface area contributed by atoms with E-state index in [9.17, 15) is 5.11 Å². The van der Waals surface area contributed by atoms with Crippen LogP contribution >= 0.6 is 0 Å². The monoisotopic (exact) mass is 377 g/mol. The highest BCUT2D eigenvalue weighted by Gasteiger charge is 2.51. The summed E-state index contributed by atoms with van der Waals surface area (Å²) >= 11 is 0. The first-order valence-corrected chi connectivity index (χ1v) is 10.3. The molecule has 1 spiro atoms. The molecule has 0 radical (unpaired) electrons. The molecule has 2 aromatic rings. The number of para-hydroxylation sites is 1. The molecule has 1 fully saturated rings. The van der Waals surface area contributed by atoms with Gasteiger partial charge in [-0.3, -0.25) is 0 Å². The molecule has 3 aliphatic rings. The van der Waals surface area contributed by atoms with E-state index in [0.29, 0.717) is 0 Å². The molecule has 0 amide bonds. The van der Waals surface area contributed by atoms with Crippen LogP contribution < -0.4 is 4.74 Å². The number of benzene rings is 2. The number of nitrogens with zero attached hydrogens (tertiary/aromatic N) is 3. The molecule has 0 aliphatic carbocycles. The minimum atomic E-state index is -0.359. The fourth-order valence-electron chi connectivity index (χ4n) is 4.83. The van der Waals surface area contributed by atoms with Gasteiger partial charge in [-0.05, 0) is 48.9 Å². The van der Waals surface area contributed by atoms with Crippen LogP contribution in [0.15, 0.2) is 53.6 Å². The topological polar surface area (TPSA) is 48.3 Å². The number of ether oxygens (including phenoxy) is 1. The number of fused-ring (bicyclic) bond motifs is 4. The standard InChI is InChI=1S/C23H27N3O2/c1-2-13-25-14-11-23(12-15-25)26-21(19-5-3-4-6-22(19)28-23)16-20(24-26)17-7-9-18(27)10-8-17/h3-10,21,27H,2,11-16H2,1H3. The van der Waals surface area contributed by atoms with Crippen LogP contribution in [0.3, 0.4) is 0 Å². The second-order valence-corrected chi connectivity index (χ2v) is 8.09. The van der Waals surface area contributed by atoms with Crippen LogP contribution in [0.25, 0.3) is 0 Å². The Morgan fingerprint density at radius 2 is 1.86 bits per heavy atom. The number of hydrogen-bond acceptors (Lipinski definition) is 5. The number of hydrogen-bond donors (Lipinski definition) is 1. The number of rotatable bonds is 3. The number of likely N-dealkylation sites (tertiary alicyclic amines) is 1. The maximum Gasteiger partial charge on any atom is 0.200 e. The van der Waals surface area contributed by atoms with E-state index in [2.05, 4.69) is 41.1 Å². The molecule has 0 bridgehead atoms. The first kappa shape index (κ1) is 17.6. The Morgan fingerprint density at radius 3 is 2.61 bits per heavy atom. The molecule has 0 aromatic heterocycles. The van der Waals surface area contributed by atoms with Crippen LogP contribution in [-0.4, -0.2) is 46.1 Å². The van der Waals surface area contributed by atoms with Gasteiger partial charge >= 0.3 is 0 Å². The third-order valence-corrected chi connectivity index (χ3v) is 6.28. The molecule has 0 saturated carbocycles. The maximum atomic E-state index is 9.63. The van der Waals surface area contributed by atoms with Crippen molar-refractivity contribution in [2.45, 2.75) is 44.4 Å². The summed E-state index contributed by atoms with van der Waals surface area (Å²) in [5, 5.41) is 17.0. The fraction of sp³-hybridized carbons (Fsp3) is 0.435. The Kier molecular flexibility index (Phi) is 4.27. The zero-order valence-corrected chi connectivity index (χ0v) is 16.3. The highest BCUT2D eigenvalue weighted by Crippen LogP contribution is 2.49. The van der Waals surface area contributed by atoms with Crippen molar-refractivity contribution < 1.29 is 9.84 Å². The molecule has 1 unspecified atom stereocenters. The van der Waals surface area contributed by atoms with Crippen LogP contribution in [-0.2, 0) is 0 Å². The minimum Gasteiger partial charge on any atom is -0.508 e. The molecule has 5 heteroatoms. The van der Waals surface area contributed by atoms with Crippen molar-refractivity contribution >= 4 is 5.71 Å². The molecular formula is C23H27N3O2. The summed E-state index contributed by atoms with van der Waals surface area (Å²) in [4.78, 5) is 2.53.